The van der Waals surface area contributed by atoms with Crippen LogP contribution in [0.1, 0.15) is 0 Å². The van der Waals surface area contributed by atoms with Crippen molar-refractivity contribution in [1.82, 2.24) is 0 Å². The molecule has 0 spiro atoms. The van der Waals surface area contributed by atoms with Gasteiger partial charge in [0.1, 0.15) is 11.2 Å². The monoisotopic (exact) mass is 611 g/mol. The average Bonchev–Trinajstić information content (AvgIpc) is 3.53. The van der Waals surface area contributed by atoms with Gasteiger partial charge < -0.3 is 9.32 Å². The Hall–Kier alpha value is -6.38. The second-order valence-corrected chi connectivity index (χ2v) is 12.5. The summed E-state index contributed by atoms with van der Waals surface area (Å²) in [4.78, 5) is 2.34. The van der Waals surface area contributed by atoms with E-state index in [1.165, 1.54) is 54.2 Å². The van der Waals surface area contributed by atoms with Gasteiger partial charge in [-0.2, -0.15) is 0 Å². The highest BCUT2D eigenvalue weighted by Gasteiger charge is 2.17. The van der Waals surface area contributed by atoms with Crippen molar-refractivity contribution in [3.63, 3.8) is 0 Å². The Kier molecular flexibility index (Phi) is 5.91. The number of nitrogens with zero attached hydrogens (tertiary/aromatic N) is 1. The van der Waals surface area contributed by atoms with E-state index in [2.05, 4.69) is 169 Å². The van der Waals surface area contributed by atoms with Gasteiger partial charge in [0.25, 0.3) is 0 Å². The lowest BCUT2D eigenvalue weighted by Crippen LogP contribution is -2.09. The van der Waals surface area contributed by atoms with Gasteiger partial charge in [0, 0.05) is 33.9 Å². The first-order valence-electron chi connectivity index (χ1n) is 16.4. The van der Waals surface area contributed by atoms with Crippen molar-refractivity contribution >= 4 is 82.1 Å². The Balaban J connectivity index is 1.15. The van der Waals surface area contributed by atoms with Crippen LogP contribution in [0.2, 0.25) is 0 Å². The summed E-state index contributed by atoms with van der Waals surface area (Å²) in [5, 5.41) is 12.3. The Labute approximate surface area is 277 Å². The molecule has 48 heavy (non-hydrogen) atoms. The molecule has 0 bridgehead atoms. The predicted molar refractivity (Wildman–Crippen MR) is 204 cm³/mol. The van der Waals surface area contributed by atoms with Gasteiger partial charge in [-0.05, 0) is 96.7 Å². The minimum atomic E-state index is 0.879. The van der Waals surface area contributed by atoms with Crippen LogP contribution < -0.4 is 4.90 Å². The molecule has 2 nitrogen and oxygen atoms in total. The molecule has 2 heteroatoms. The zero-order valence-electron chi connectivity index (χ0n) is 26.1. The van der Waals surface area contributed by atoms with E-state index in [0.717, 1.165) is 39.0 Å². The average molecular weight is 612 g/mol. The summed E-state index contributed by atoms with van der Waals surface area (Å²) in [6.45, 7) is 0. The summed E-state index contributed by atoms with van der Waals surface area (Å²) in [5.74, 6) is 0. The third-order valence-corrected chi connectivity index (χ3v) is 9.83. The molecule has 0 amide bonds. The van der Waals surface area contributed by atoms with Crippen LogP contribution in [0, 0.1) is 0 Å². The lowest BCUT2D eigenvalue weighted by Gasteiger charge is -2.26. The quantitative estimate of drug-likeness (QED) is 0.184. The minimum absolute atomic E-state index is 0.879. The van der Waals surface area contributed by atoms with Crippen LogP contribution in [0.3, 0.4) is 0 Å². The maximum atomic E-state index is 6.36. The number of hydrogen-bond acceptors (Lipinski definition) is 2. The van der Waals surface area contributed by atoms with Crippen molar-refractivity contribution in [2.45, 2.75) is 0 Å². The molecule has 10 rings (SSSR count). The van der Waals surface area contributed by atoms with Gasteiger partial charge in [-0.3, -0.25) is 0 Å². The molecule has 224 valence electrons. The summed E-state index contributed by atoms with van der Waals surface area (Å²) in [6.07, 6.45) is 0. The summed E-state index contributed by atoms with van der Waals surface area (Å²) in [6, 6.07) is 63.4. The third kappa shape index (κ3) is 4.20. The van der Waals surface area contributed by atoms with E-state index in [0.29, 0.717) is 0 Å². The number of rotatable bonds is 4. The molecule has 1 aromatic heterocycles. The molecule has 0 saturated carbocycles. The van der Waals surface area contributed by atoms with Gasteiger partial charge in [0.15, 0.2) is 0 Å². The normalized spacial score (nSPS) is 11.8. The number of furan rings is 1. The molecule has 0 aliphatic carbocycles. The molecule has 1 heterocycles. The van der Waals surface area contributed by atoms with Crippen LogP contribution >= 0.6 is 0 Å². The van der Waals surface area contributed by atoms with E-state index >= 15 is 0 Å². The van der Waals surface area contributed by atoms with Crippen LogP contribution in [0.5, 0.6) is 0 Å². The summed E-state index contributed by atoms with van der Waals surface area (Å²) in [5.41, 5.74) is 7.43. The highest BCUT2D eigenvalue weighted by molar-refractivity contribution is 6.12. The number of anilines is 3. The molecule has 10 aromatic rings. The highest BCUT2D eigenvalue weighted by Crippen LogP contribution is 2.41. The zero-order valence-corrected chi connectivity index (χ0v) is 26.1. The molecule has 9 aromatic carbocycles. The Morgan fingerprint density at radius 3 is 1.67 bits per heavy atom. The zero-order chi connectivity index (χ0) is 31.6. The number of benzene rings is 9. The van der Waals surface area contributed by atoms with Gasteiger partial charge in [-0.25, -0.2) is 0 Å². The maximum absolute atomic E-state index is 6.36. The van der Waals surface area contributed by atoms with E-state index in [1.54, 1.807) is 0 Å². The first-order chi connectivity index (χ1) is 23.8. The van der Waals surface area contributed by atoms with Crippen LogP contribution in [0.25, 0.3) is 76.2 Å². The molecular formula is C46H29NO. The fourth-order valence-electron chi connectivity index (χ4n) is 7.51. The molecule has 0 N–H and O–H groups in total. The van der Waals surface area contributed by atoms with Crippen LogP contribution in [0.15, 0.2) is 180 Å². The van der Waals surface area contributed by atoms with E-state index in [1.807, 2.05) is 12.1 Å². The van der Waals surface area contributed by atoms with Crippen molar-refractivity contribution in [2.75, 3.05) is 4.90 Å². The van der Waals surface area contributed by atoms with E-state index < -0.39 is 0 Å². The molecular weight excluding hydrogens is 583 g/mol. The first-order valence-corrected chi connectivity index (χ1v) is 16.4. The fourth-order valence-corrected chi connectivity index (χ4v) is 7.51. The Morgan fingerprint density at radius 1 is 0.312 bits per heavy atom. The van der Waals surface area contributed by atoms with Crippen LogP contribution in [0.4, 0.5) is 17.1 Å². The molecule has 0 saturated heterocycles. The smallest absolute Gasteiger partial charge is 0.137 e. The van der Waals surface area contributed by atoms with Crippen LogP contribution in [-0.2, 0) is 0 Å². The maximum Gasteiger partial charge on any atom is 0.137 e. The number of hydrogen-bond donors (Lipinski definition) is 0. The Bertz CT molecular complexity index is 2840. The highest BCUT2D eigenvalue weighted by atomic mass is 16.3. The lowest BCUT2D eigenvalue weighted by molar-refractivity contribution is 0.669. The number of para-hydroxylation sites is 1. The summed E-state index contributed by atoms with van der Waals surface area (Å²) < 4.78 is 6.36. The SMILES string of the molecule is c1ccc2c(c1)ccc1ccc(N(c3ccc(-c4cccc5c4ccc4ccccc45)cc3)c3ccc4c(c3)oc3ccccc34)cc12. The first kappa shape index (κ1) is 26.8. The largest absolute Gasteiger partial charge is 0.456 e. The molecule has 0 atom stereocenters. The van der Waals surface area contributed by atoms with E-state index in [4.69, 9.17) is 4.42 Å². The van der Waals surface area contributed by atoms with E-state index in [-0.39, 0.29) is 0 Å². The minimum Gasteiger partial charge on any atom is -0.456 e. The van der Waals surface area contributed by atoms with Crippen molar-refractivity contribution in [3.8, 4) is 11.1 Å². The van der Waals surface area contributed by atoms with Crippen molar-refractivity contribution in [3.05, 3.63) is 176 Å². The van der Waals surface area contributed by atoms with Gasteiger partial charge in [-0.1, -0.05) is 127 Å². The summed E-state index contributed by atoms with van der Waals surface area (Å²) in [7, 11) is 0. The topological polar surface area (TPSA) is 16.4 Å². The molecule has 0 unspecified atom stereocenters. The second kappa shape index (κ2) is 10.6. The third-order valence-electron chi connectivity index (χ3n) is 9.83. The standard InChI is InChI=1S/C46H29NO/c1-3-10-37-31(9-1)21-26-41-38(13-7-14-40(37)41)32-18-22-34(23-19-32)47(36-25-27-43-42-12-5-6-15-45(42)48-46(43)29-36)35-24-20-33-17-16-30-8-2-4-11-39(30)44(33)28-35/h1-29H. The van der Waals surface area contributed by atoms with Crippen molar-refractivity contribution in [1.29, 1.82) is 0 Å². The van der Waals surface area contributed by atoms with E-state index in [9.17, 15) is 0 Å². The van der Waals surface area contributed by atoms with Gasteiger partial charge in [0.2, 0.25) is 0 Å². The van der Waals surface area contributed by atoms with Crippen molar-refractivity contribution in [2.24, 2.45) is 0 Å². The van der Waals surface area contributed by atoms with Gasteiger partial charge in [-0.15, -0.1) is 0 Å². The van der Waals surface area contributed by atoms with Gasteiger partial charge >= 0.3 is 0 Å². The van der Waals surface area contributed by atoms with Gasteiger partial charge in [0.05, 0.1) is 0 Å². The second-order valence-electron chi connectivity index (χ2n) is 12.5. The van der Waals surface area contributed by atoms with Crippen LogP contribution in [-0.4, -0.2) is 0 Å². The number of fused-ring (bicyclic) bond motifs is 9. The molecule has 0 aliphatic heterocycles. The fraction of sp³-hybridized carbons (Fsp3) is 0. The molecule has 0 radical (unpaired) electrons. The molecule has 0 fully saturated rings. The molecule has 0 aliphatic rings. The predicted octanol–water partition coefficient (Wildman–Crippen LogP) is 13.3. The summed E-state index contributed by atoms with van der Waals surface area (Å²) >= 11 is 0. The van der Waals surface area contributed by atoms with Crippen molar-refractivity contribution < 1.29 is 4.42 Å². The Morgan fingerprint density at radius 2 is 0.854 bits per heavy atom. The lowest BCUT2D eigenvalue weighted by atomic mass is 9.94.